The Morgan fingerprint density at radius 3 is 2.00 bits per heavy atom. The summed E-state index contributed by atoms with van der Waals surface area (Å²) in [6, 6.07) is 0. The van der Waals surface area contributed by atoms with Gasteiger partial charge in [-0.05, 0) is 13.1 Å². The van der Waals surface area contributed by atoms with Crippen molar-refractivity contribution in [2.24, 2.45) is 0 Å². The molecule has 0 fully saturated rings. The predicted molar refractivity (Wildman–Crippen MR) is 76.5 cm³/mol. The molecule has 0 N–H and O–H groups in total. The van der Waals surface area contributed by atoms with Gasteiger partial charge in [0.1, 0.15) is 0 Å². The number of rotatable bonds is 5. The summed E-state index contributed by atoms with van der Waals surface area (Å²) in [6.07, 6.45) is 0. The molecule has 100 valence electrons. The number of carbonyl (C=O) groups excluding carboxylic acids is 2. The Bertz CT molecular complexity index is 364. The molecule has 4 nitrogen and oxygen atoms in total. The van der Waals surface area contributed by atoms with E-state index in [0.717, 1.165) is 31.1 Å². The highest BCUT2D eigenvalue weighted by Crippen LogP contribution is 2.40. The first-order chi connectivity index (χ1) is 8.69. The van der Waals surface area contributed by atoms with Crippen molar-refractivity contribution in [3.63, 3.8) is 0 Å². The number of hydrogen-bond donors (Lipinski definition) is 0. The molecule has 0 atom stereocenters. The van der Waals surface area contributed by atoms with Gasteiger partial charge in [-0.3, -0.25) is 14.5 Å². The Labute approximate surface area is 116 Å². The van der Waals surface area contributed by atoms with Crippen molar-refractivity contribution in [3.05, 3.63) is 9.81 Å². The van der Waals surface area contributed by atoms with Crippen molar-refractivity contribution in [1.82, 2.24) is 9.80 Å². The van der Waals surface area contributed by atoms with Gasteiger partial charge in [-0.15, -0.1) is 23.5 Å². The summed E-state index contributed by atoms with van der Waals surface area (Å²) in [7, 11) is 0. The fraction of sp³-hybridized carbons (Fsp3) is 0.667. The van der Waals surface area contributed by atoms with E-state index in [0.29, 0.717) is 16.4 Å². The van der Waals surface area contributed by atoms with Crippen LogP contribution in [0.15, 0.2) is 9.81 Å². The van der Waals surface area contributed by atoms with Crippen molar-refractivity contribution in [2.75, 3.05) is 37.7 Å². The van der Waals surface area contributed by atoms with E-state index in [1.165, 1.54) is 28.4 Å². The third kappa shape index (κ3) is 2.60. The van der Waals surface area contributed by atoms with Gasteiger partial charge in [0, 0.05) is 24.6 Å². The van der Waals surface area contributed by atoms with E-state index < -0.39 is 0 Å². The maximum atomic E-state index is 12.1. The van der Waals surface area contributed by atoms with Gasteiger partial charge in [-0.1, -0.05) is 13.8 Å². The Balaban J connectivity index is 2.00. The van der Waals surface area contributed by atoms with Gasteiger partial charge in [0.2, 0.25) is 0 Å². The number of nitrogens with zero attached hydrogens (tertiary/aromatic N) is 2. The van der Waals surface area contributed by atoms with Gasteiger partial charge in [-0.25, -0.2) is 0 Å². The van der Waals surface area contributed by atoms with Gasteiger partial charge in [0.25, 0.3) is 11.8 Å². The highest BCUT2D eigenvalue weighted by molar-refractivity contribution is 8.11. The lowest BCUT2D eigenvalue weighted by atomic mass is 10.4. The van der Waals surface area contributed by atoms with Crippen LogP contribution in [-0.4, -0.2) is 59.3 Å². The maximum absolute atomic E-state index is 12.1. The zero-order chi connectivity index (χ0) is 13.1. The molecular weight excluding hydrogens is 268 g/mol. The molecule has 6 heteroatoms. The minimum atomic E-state index is -0.0839. The monoisotopic (exact) mass is 286 g/mol. The van der Waals surface area contributed by atoms with Crippen LogP contribution < -0.4 is 0 Å². The number of imide groups is 1. The minimum absolute atomic E-state index is 0.0839. The smallest absolute Gasteiger partial charge is 0.268 e. The minimum Gasteiger partial charge on any atom is -0.302 e. The summed E-state index contributed by atoms with van der Waals surface area (Å²) in [4.78, 5) is 29.3. The lowest BCUT2D eigenvalue weighted by Gasteiger charge is -2.21. The lowest BCUT2D eigenvalue weighted by Crippen LogP contribution is -2.39. The van der Waals surface area contributed by atoms with Gasteiger partial charge < -0.3 is 4.90 Å². The van der Waals surface area contributed by atoms with E-state index in [9.17, 15) is 9.59 Å². The summed E-state index contributed by atoms with van der Waals surface area (Å²) in [6.45, 7) is 7.35. The first-order valence-corrected chi connectivity index (χ1v) is 8.24. The van der Waals surface area contributed by atoms with E-state index in [2.05, 4.69) is 18.7 Å². The molecule has 0 aromatic carbocycles. The topological polar surface area (TPSA) is 40.6 Å². The third-order valence-electron chi connectivity index (χ3n) is 3.20. The molecule has 0 bridgehead atoms. The molecule has 0 radical (unpaired) electrons. The second-order valence-electron chi connectivity index (χ2n) is 4.14. The third-order valence-corrected chi connectivity index (χ3v) is 5.73. The number of carbonyl (C=O) groups is 2. The quantitative estimate of drug-likeness (QED) is 0.714. The van der Waals surface area contributed by atoms with E-state index in [1.807, 2.05) is 0 Å². The van der Waals surface area contributed by atoms with Crippen LogP contribution in [0.25, 0.3) is 0 Å². The van der Waals surface area contributed by atoms with Gasteiger partial charge in [0.05, 0.1) is 9.81 Å². The molecule has 0 saturated carbocycles. The molecule has 0 aliphatic carbocycles. The first kappa shape index (κ1) is 14.0. The van der Waals surface area contributed by atoms with Crippen molar-refractivity contribution in [3.8, 4) is 0 Å². The van der Waals surface area contributed by atoms with E-state index in [-0.39, 0.29) is 11.8 Å². The summed E-state index contributed by atoms with van der Waals surface area (Å²) in [5, 5.41) is 0. The van der Waals surface area contributed by atoms with Crippen LogP contribution in [0, 0.1) is 0 Å². The fourth-order valence-corrected chi connectivity index (χ4v) is 4.39. The average molecular weight is 286 g/mol. The maximum Gasteiger partial charge on any atom is 0.268 e. The Morgan fingerprint density at radius 2 is 1.56 bits per heavy atom. The van der Waals surface area contributed by atoms with E-state index in [1.54, 1.807) is 0 Å². The second-order valence-corrected chi connectivity index (χ2v) is 6.35. The molecule has 2 amide bonds. The van der Waals surface area contributed by atoms with Crippen LogP contribution in [0.3, 0.4) is 0 Å². The van der Waals surface area contributed by atoms with Crippen LogP contribution in [0.2, 0.25) is 0 Å². The summed E-state index contributed by atoms with van der Waals surface area (Å²) in [5.74, 6) is 1.68. The number of likely N-dealkylation sites (N-methyl/N-ethyl adjacent to an activating group) is 1. The van der Waals surface area contributed by atoms with Crippen LogP contribution in [0.1, 0.15) is 13.8 Å². The van der Waals surface area contributed by atoms with Crippen LogP contribution in [-0.2, 0) is 9.59 Å². The lowest BCUT2D eigenvalue weighted by molar-refractivity contribution is -0.137. The van der Waals surface area contributed by atoms with Gasteiger partial charge >= 0.3 is 0 Å². The predicted octanol–water partition coefficient (Wildman–Crippen LogP) is 1.39. The Hall–Kier alpha value is -0.460. The molecule has 18 heavy (non-hydrogen) atoms. The SMILES string of the molecule is CCN(CC)CCN1C(=O)C2=C(SCCS2)C1=O. The Kier molecular flexibility index (Phi) is 4.75. The summed E-state index contributed by atoms with van der Waals surface area (Å²) >= 11 is 3.06. The second kappa shape index (κ2) is 6.12. The molecule has 0 aromatic heterocycles. The van der Waals surface area contributed by atoms with Crippen molar-refractivity contribution >= 4 is 35.3 Å². The normalized spacial score (nSPS) is 20.1. The van der Waals surface area contributed by atoms with Crippen LogP contribution >= 0.6 is 23.5 Å². The number of thioether (sulfide) groups is 2. The van der Waals surface area contributed by atoms with Crippen molar-refractivity contribution < 1.29 is 9.59 Å². The molecule has 0 unspecified atom stereocenters. The first-order valence-electron chi connectivity index (χ1n) is 6.27. The molecular formula is C12H18N2O2S2. The highest BCUT2D eigenvalue weighted by Gasteiger charge is 2.39. The molecule has 0 aromatic rings. The summed E-state index contributed by atoms with van der Waals surface area (Å²) < 4.78 is 0. The van der Waals surface area contributed by atoms with E-state index >= 15 is 0 Å². The fourth-order valence-electron chi connectivity index (χ4n) is 2.06. The Morgan fingerprint density at radius 1 is 1.06 bits per heavy atom. The van der Waals surface area contributed by atoms with Gasteiger partial charge in [0.15, 0.2) is 0 Å². The standard InChI is InChI=1S/C12H18N2O2S2/c1-3-13(4-2)5-6-14-11(15)9-10(12(14)16)18-8-7-17-9/h3-8H2,1-2H3. The largest absolute Gasteiger partial charge is 0.302 e. The van der Waals surface area contributed by atoms with Crippen molar-refractivity contribution in [2.45, 2.75) is 13.8 Å². The zero-order valence-electron chi connectivity index (χ0n) is 10.8. The van der Waals surface area contributed by atoms with Crippen LogP contribution in [0.4, 0.5) is 0 Å². The highest BCUT2D eigenvalue weighted by atomic mass is 32.2. The molecule has 2 aliphatic heterocycles. The van der Waals surface area contributed by atoms with Gasteiger partial charge in [-0.2, -0.15) is 0 Å². The van der Waals surface area contributed by atoms with Crippen LogP contribution in [0.5, 0.6) is 0 Å². The molecule has 2 rings (SSSR count). The van der Waals surface area contributed by atoms with E-state index in [4.69, 9.17) is 0 Å². The molecule has 2 heterocycles. The zero-order valence-corrected chi connectivity index (χ0v) is 12.4. The average Bonchev–Trinajstić information content (AvgIpc) is 2.65. The molecule has 0 spiro atoms. The van der Waals surface area contributed by atoms with Crippen molar-refractivity contribution in [1.29, 1.82) is 0 Å². The number of amides is 2. The molecule has 2 aliphatic rings. The molecule has 0 saturated heterocycles. The number of hydrogen-bond acceptors (Lipinski definition) is 5. The summed E-state index contributed by atoms with van der Waals surface area (Å²) in [5.41, 5.74) is 0.